The van der Waals surface area contributed by atoms with Crippen LogP contribution >= 0.6 is 0 Å². The molecule has 70 heavy (non-hydrogen) atoms. The van der Waals surface area contributed by atoms with Crippen LogP contribution in [-0.4, -0.2) is 18.3 Å². The van der Waals surface area contributed by atoms with Gasteiger partial charge in [0.2, 0.25) is 0 Å². The van der Waals surface area contributed by atoms with Crippen LogP contribution in [0.2, 0.25) is 0 Å². The summed E-state index contributed by atoms with van der Waals surface area (Å²) in [5.41, 5.74) is 18.7. The fraction of sp³-hybridized carbons (Fsp3) is 0. The first-order valence-corrected chi connectivity index (χ1v) is 24.1. The predicted molar refractivity (Wildman–Crippen MR) is 295 cm³/mol. The molecule has 0 aliphatic heterocycles. The van der Waals surface area contributed by atoms with Crippen molar-refractivity contribution in [2.24, 2.45) is 0 Å². The Morgan fingerprint density at radius 3 is 1.11 bits per heavy atom. The molecule has 15 aromatic rings. The van der Waals surface area contributed by atoms with E-state index in [0.717, 1.165) is 33.8 Å². The van der Waals surface area contributed by atoms with Crippen molar-refractivity contribution < 1.29 is 0 Å². The van der Waals surface area contributed by atoms with Crippen LogP contribution in [0.25, 0.3) is 132 Å². The molecular weight excluding hydrogens is 849 g/mol. The van der Waals surface area contributed by atoms with E-state index in [2.05, 4.69) is 273 Å². The van der Waals surface area contributed by atoms with Gasteiger partial charge in [0.05, 0.1) is 44.1 Å². The van der Waals surface area contributed by atoms with Crippen LogP contribution in [0.4, 0.5) is 0 Å². The molecule has 11 aromatic carbocycles. The van der Waals surface area contributed by atoms with E-state index >= 15 is 0 Å². The first-order chi connectivity index (χ1) is 34.8. The smallest absolute Gasteiger partial charge is 0.0788 e. The van der Waals surface area contributed by atoms with Crippen molar-refractivity contribution in [2.75, 3.05) is 0 Å². The maximum atomic E-state index is 2.52. The highest BCUT2D eigenvalue weighted by Crippen LogP contribution is 2.45. The average Bonchev–Trinajstić information content (AvgIpc) is 4.17. The van der Waals surface area contributed by atoms with Gasteiger partial charge in [-0.3, -0.25) is 0 Å². The minimum absolute atomic E-state index is 1.10. The van der Waals surface area contributed by atoms with Gasteiger partial charge in [0, 0.05) is 65.8 Å². The van der Waals surface area contributed by atoms with Crippen molar-refractivity contribution in [3.63, 3.8) is 0 Å². The Kier molecular flexibility index (Phi) is 8.33. The number of hydrogen-bond acceptors (Lipinski definition) is 0. The number of fused-ring (bicyclic) bond motifs is 14. The van der Waals surface area contributed by atoms with Gasteiger partial charge in [0.1, 0.15) is 0 Å². The Labute approximate surface area is 403 Å². The Bertz CT molecular complexity index is 4510. The summed E-state index contributed by atoms with van der Waals surface area (Å²) in [4.78, 5) is 0. The minimum Gasteiger partial charge on any atom is -0.309 e. The first kappa shape index (κ1) is 38.7. The summed E-state index contributed by atoms with van der Waals surface area (Å²) in [5, 5.41) is 9.84. The van der Waals surface area contributed by atoms with Crippen molar-refractivity contribution in [1.29, 1.82) is 0 Å². The van der Waals surface area contributed by atoms with Crippen molar-refractivity contribution in [2.45, 2.75) is 0 Å². The van der Waals surface area contributed by atoms with Gasteiger partial charge in [-0.2, -0.15) is 0 Å². The summed E-state index contributed by atoms with van der Waals surface area (Å²) < 4.78 is 9.97. The predicted octanol–water partition coefficient (Wildman–Crippen LogP) is 17.4. The van der Waals surface area contributed by atoms with Gasteiger partial charge >= 0.3 is 0 Å². The lowest BCUT2D eigenvalue weighted by molar-refractivity contribution is 1.12. The maximum Gasteiger partial charge on any atom is 0.0788 e. The monoisotopic (exact) mass is 890 g/mol. The van der Waals surface area contributed by atoms with E-state index in [4.69, 9.17) is 0 Å². The Balaban J connectivity index is 1.02. The van der Waals surface area contributed by atoms with Crippen LogP contribution in [0.1, 0.15) is 0 Å². The van der Waals surface area contributed by atoms with E-state index in [1.54, 1.807) is 0 Å². The largest absolute Gasteiger partial charge is 0.309 e. The van der Waals surface area contributed by atoms with Crippen LogP contribution in [0.5, 0.6) is 0 Å². The third kappa shape index (κ3) is 5.59. The molecule has 0 fully saturated rings. The van der Waals surface area contributed by atoms with Crippen LogP contribution < -0.4 is 0 Å². The molecule has 0 saturated heterocycles. The number of aromatic nitrogens is 4. The van der Waals surface area contributed by atoms with E-state index < -0.39 is 0 Å². The standard InChI is InChI=1S/C66H42N4/c1-4-19-43(20-5-1)45-39-46(44-21-6-2-7-22-44)41-50(40-45)70-60-33-16-10-27-51(60)54-37-38-62-63(64(54)70)57-30-13-17-34-61(57)67(62)48-25-18-26-49(42-48)69-59-32-15-12-29-53(59)56-36-35-55-52-28-11-14-31-58(52)68(65(55)66(56)69)47-23-8-3-9-24-47/h1-42H. The molecule has 4 heteroatoms. The summed E-state index contributed by atoms with van der Waals surface area (Å²) in [6.45, 7) is 0. The van der Waals surface area contributed by atoms with E-state index in [9.17, 15) is 0 Å². The van der Waals surface area contributed by atoms with Crippen LogP contribution in [0.15, 0.2) is 255 Å². The highest BCUT2D eigenvalue weighted by molar-refractivity contribution is 6.27. The van der Waals surface area contributed by atoms with Gasteiger partial charge in [0.25, 0.3) is 0 Å². The maximum absolute atomic E-state index is 2.52. The quantitative estimate of drug-likeness (QED) is 0.158. The molecule has 0 amide bonds. The zero-order valence-corrected chi connectivity index (χ0v) is 38.0. The second-order valence-corrected chi connectivity index (χ2v) is 18.5. The number of benzene rings is 11. The molecule has 0 atom stereocenters. The van der Waals surface area contributed by atoms with Crippen LogP contribution in [-0.2, 0) is 0 Å². The van der Waals surface area contributed by atoms with Gasteiger partial charge in [-0.25, -0.2) is 0 Å². The van der Waals surface area contributed by atoms with Crippen molar-refractivity contribution in [3.05, 3.63) is 255 Å². The number of nitrogens with zero attached hydrogens (tertiary/aromatic N) is 4. The number of hydrogen-bond donors (Lipinski definition) is 0. The summed E-state index contributed by atoms with van der Waals surface area (Å²) in [6, 6.07) is 93.5. The van der Waals surface area contributed by atoms with Gasteiger partial charge in [-0.15, -0.1) is 0 Å². The average molecular weight is 891 g/mol. The zero-order valence-electron chi connectivity index (χ0n) is 38.0. The SMILES string of the molecule is c1ccc(-c2cc(-c3ccccc3)cc(-n3c4ccccc4c4ccc5c(c6ccccc6n5-c5cccc(-n6c7ccccc7c7ccc8c9ccccc9n(-c9ccccc9)c8c76)c5)c43)c2)cc1. The summed E-state index contributed by atoms with van der Waals surface area (Å²) in [5.74, 6) is 0. The molecule has 0 bridgehead atoms. The second-order valence-electron chi connectivity index (χ2n) is 18.5. The number of rotatable bonds is 6. The Morgan fingerprint density at radius 1 is 0.186 bits per heavy atom. The Morgan fingerprint density at radius 2 is 0.571 bits per heavy atom. The molecule has 4 heterocycles. The van der Waals surface area contributed by atoms with Crippen molar-refractivity contribution in [1.82, 2.24) is 18.3 Å². The van der Waals surface area contributed by atoms with E-state index in [1.807, 2.05) is 0 Å². The third-order valence-electron chi connectivity index (χ3n) is 14.7. The summed E-state index contributed by atoms with van der Waals surface area (Å²) in [6.07, 6.45) is 0. The molecule has 0 saturated carbocycles. The highest BCUT2D eigenvalue weighted by Gasteiger charge is 2.24. The summed E-state index contributed by atoms with van der Waals surface area (Å²) in [7, 11) is 0. The van der Waals surface area contributed by atoms with Gasteiger partial charge in [-0.05, 0) is 101 Å². The first-order valence-electron chi connectivity index (χ1n) is 24.1. The molecular formula is C66H42N4. The van der Waals surface area contributed by atoms with E-state index in [-0.39, 0.29) is 0 Å². The van der Waals surface area contributed by atoms with E-state index in [0.29, 0.717) is 0 Å². The zero-order chi connectivity index (χ0) is 45.9. The van der Waals surface area contributed by atoms with E-state index in [1.165, 1.54) is 98.4 Å². The highest BCUT2D eigenvalue weighted by atomic mass is 15.1. The van der Waals surface area contributed by atoms with Crippen molar-refractivity contribution in [3.8, 4) is 45.0 Å². The number of para-hydroxylation sites is 5. The molecule has 326 valence electrons. The van der Waals surface area contributed by atoms with Crippen LogP contribution in [0.3, 0.4) is 0 Å². The van der Waals surface area contributed by atoms with Crippen LogP contribution in [0, 0.1) is 0 Å². The molecule has 0 unspecified atom stereocenters. The van der Waals surface area contributed by atoms with Gasteiger partial charge in [0.15, 0.2) is 0 Å². The Hall–Kier alpha value is -9.38. The third-order valence-corrected chi connectivity index (χ3v) is 14.7. The molecule has 0 aliphatic carbocycles. The molecule has 0 radical (unpaired) electrons. The molecule has 4 aromatic heterocycles. The second kappa shape index (κ2) is 15.1. The molecule has 4 nitrogen and oxygen atoms in total. The topological polar surface area (TPSA) is 19.7 Å². The fourth-order valence-electron chi connectivity index (χ4n) is 11.8. The lowest BCUT2D eigenvalue weighted by Crippen LogP contribution is -2.00. The molecule has 0 aliphatic rings. The lowest BCUT2D eigenvalue weighted by atomic mass is 9.98. The molecule has 0 spiro atoms. The van der Waals surface area contributed by atoms with Crippen molar-refractivity contribution >= 4 is 87.2 Å². The van der Waals surface area contributed by atoms with Gasteiger partial charge in [-0.1, -0.05) is 176 Å². The molecule has 0 N–H and O–H groups in total. The summed E-state index contributed by atoms with van der Waals surface area (Å²) >= 11 is 0. The molecule has 15 rings (SSSR count). The minimum atomic E-state index is 1.10. The lowest BCUT2D eigenvalue weighted by Gasteiger charge is -2.15. The van der Waals surface area contributed by atoms with Gasteiger partial charge < -0.3 is 18.3 Å². The normalized spacial score (nSPS) is 12.0. The fourth-order valence-corrected chi connectivity index (χ4v) is 11.8.